The zero-order valence-electron chi connectivity index (χ0n) is 10.0. The number of hydrogen-bond donors (Lipinski definition) is 2. The van der Waals surface area contributed by atoms with Gasteiger partial charge in [0.2, 0.25) is 0 Å². The smallest absolute Gasteiger partial charge is 0.362 e. The van der Waals surface area contributed by atoms with E-state index in [0.717, 1.165) is 13.3 Å². The van der Waals surface area contributed by atoms with Crippen LogP contribution in [0.25, 0.3) is 0 Å². The van der Waals surface area contributed by atoms with Crippen molar-refractivity contribution in [3.8, 4) is 0 Å². The van der Waals surface area contributed by atoms with E-state index in [1.807, 2.05) is 0 Å². The second kappa shape index (κ2) is 5.50. The first-order valence-corrected chi connectivity index (χ1v) is 7.21. The third-order valence-corrected chi connectivity index (χ3v) is 4.37. The van der Waals surface area contributed by atoms with Crippen molar-refractivity contribution in [2.45, 2.75) is 56.2 Å². The number of carbonyl (C=O) groups is 1. The summed E-state index contributed by atoms with van der Waals surface area (Å²) in [6.45, 7) is 1.10. The summed E-state index contributed by atoms with van der Waals surface area (Å²) in [6, 6.07) is 0. The standard InChI is InChI=1S/C10H17FO6S/c1-2-10(11,18(14,15)16)9(13)17-8-6-4-3-5-7(8)12/h7-8,12H,2-6H2,1H3,(H,14,15,16). The molecule has 0 aromatic carbocycles. The second-order valence-electron chi connectivity index (χ2n) is 4.35. The molecule has 0 heterocycles. The lowest BCUT2D eigenvalue weighted by molar-refractivity contribution is -0.166. The predicted octanol–water partition coefficient (Wildman–Crippen LogP) is 0.797. The molecular formula is C10H17FO6S. The molecule has 18 heavy (non-hydrogen) atoms. The lowest BCUT2D eigenvalue weighted by Gasteiger charge is -2.29. The Morgan fingerprint density at radius 2 is 2.00 bits per heavy atom. The van der Waals surface area contributed by atoms with Crippen LogP contribution in [0.15, 0.2) is 0 Å². The molecule has 3 atom stereocenters. The van der Waals surface area contributed by atoms with Gasteiger partial charge in [-0.1, -0.05) is 13.3 Å². The molecule has 1 aliphatic carbocycles. The van der Waals surface area contributed by atoms with Crippen LogP contribution >= 0.6 is 0 Å². The van der Waals surface area contributed by atoms with Gasteiger partial charge in [0, 0.05) is 6.42 Å². The third-order valence-electron chi connectivity index (χ3n) is 3.09. The fourth-order valence-corrected chi connectivity index (χ4v) is 2.50. The quantitative estimate of drug-likeness (QED) is 0.585. The highest BCUT2D eigenvalue weighted by atomic mass is 32.2. The molecular weight excluding hydrogens is 267 g/mol. The van der Waals surface area contributed by atoms with Crippen LogP contribution in [-0.2, 0) is 19.6 Å². The van der Waals surface area contributed by atoms with Gasteiger partial charge in [0.1, 0.15) is 6.10 Å². The molecule has 0 aliphatic heterocycles. The van der Waals surface area contributed by atoms with E-state index in [1.54, 1.807) is 0 Å². The predicted molar refractivity (Wildman–Crippen MR) is 60.0 cm³/mol. The van der Waals surface area contributed by atoms with Crippen LogP contribution in [0.5, 0.6) is 0 Å². The monoisotopic (exact) mass is 284 g/mol. The van der Waals surface area contributed by atoms with Gasteiger partial charge >= 0.3 is 21.1 Å². The second-order valence-corrected chi connectivity index (χ2v) is 5.95. The highest BCUT2D eigenvalue weighted by molar-refractivity contribution is 7.87. The molecule has 1 aliphatic rings. The van der Waals surface area contributed by atoms with Crippen LogP contribution in [0.1, 0.15) is 39.0 Å². The zero-order chi connectivity index (χ0) is 14.0. The number of rotatable bonds is 4. The molecule has 0 radical (unpaired) electrons. The van der Waals surface area contributed by atoms with Crippen LogP contribution in [0.4, 0.5) is 4.39 Å². The van der Waals surface area contributed by atoms with Crippen molar-refractivity contribution in [1.82, 2.24) is 0 Å². The summed E-state index contributed by atoms with van der Waals surface area (Å²) in [7, 11) is -5.20. The fraction of sp³-hybridized carbons (Fsp3) is 0.900. The Kier molecular flexibility index (Phi) is 4.68. The van der Waals surface area contributed by atoms with Gasteiger partial charge in [-0.15, -0.1) is 0 Å². The van der Waals surface area contributed by atoms with Gasteiger partial charge in [0.05, 0.1) is 6.10 Å². The van der Waals surface area contributed by atoms with Crippen LogP contribution in [-0.4, -0.2) is 41.3 Å². The molecule has 106 valence electrons. The maximum atomic E-state index is 13.9. The molecule has 0 aromatic heterocycles. The normalized spacial score (nSPS) is 28.4. The molecule has 1 fully saturated rings. The molecule has 2 N–H and O–H groups in total. The fourth-order valence-electron chi connectivity index (χ4n) is 1.87. The highest BCUT2D eigenvalue weighted by Gasteiger charge is 2.52. The number of halogens is 1. The minimum Gasteiger partial charge on any atom is -0.456 e. The van der Waals surface area contributed by atoms with E-state index in [9.17, 15) is 22.7 Å². The summed E-state index contributed by atoms with van der Waals surface area (Å²) in [4.78, 5) is 11.5. The van der Waals surface area contributed by atoms with Crippen LogP contribution in [0.3, 0.4) is 0 Å². The number of aliphatic hydroxyl groups excluding tert-OH is 1. The molecule has 1 saturated carbocycles. The van der Waals surface area contributed by atoms with Crippen molar-refractivity contribution < 1.29 is 32.0 Å². The summed E-state index contributed by atoms with van der Waals surface area (Å²) < 4.78 is 49.1. The zero-order valence-corrected chi connectivity index (χ0v) is 10.8. The number of ether oxygens (including phenoxy) is 1. The molecule has 1 rings (SSSR count). The topological polar surface area (TPSA) is 101 Å². The van der Waals surface area contributed by atoms with Crippen LogP contribution < -0.4 is 0 Å². The lowest BCUT2D eigenvalue weighted by atomic mass is 9.95. The maximum Gasteiger partial charge on any atom is 0.362 e. The summed E-state index contributed by atoms with van der Waals surface area (Å²) in [5.74, 6) is -1.67. The average molecular weight is 284 g/mol. The van der Waals surface area contributed by atoms with Crippen molar-refractivity contribution in [1.29, 1.82) is 0 Å². The van der Waals surface area contributed by atoms with E-state index < -0.39 is 39.7 Å². The first kappa shape index (κ1) is 15.3. The van der Waals surface area contributed by atoms with E-state index in [2.05, 4.69) is 4.74 Å². The number of carbonyl (C=O) groups excluding carboxylic acids is 1. The van der Waals surface area contributed by atoms with Gasteiger partial charge in [-0.05, 0) is 19.3 Å². The van der Waals surface area contributed by atoms with Gasteiger partial charge in [0.15, 0.2) is 0 Å². The molecule has 0 bridgehead atoms. The number of alkyl halides is 1. The Hall–Kier alpha value is -0.730. The van der Waals surface area contributed by atoms with E-state index in [4.69, 9.17) is 4.55 Å². The van der Waals surface area contributed by atoms with Gasteiger partial charge < -0.3 is 9.84 Å². The molecule has 0 aromatic rings. The van der Waals surface area contributed by atoms with Gasteiger partial charge in [-0.3, -0.25) is 4.55 Å². The summed E-state index contributed by atoms with van der Waals surface area (Å²) in [5, 5.41) is 6.08. The Labute approximate surface area is 105 Å². The molecule has 0 amide bonds. The van der Waals surface area contributed by atoms with Crippen molar-refractivity contribution in [3.05, 3.63) is 0 Å². The first-order valence-electron chi connectivity index (χ1n) is 5.77. The molecule has 8 heteroatoms. The maximum absolute atomic E-state index is 13.9. The van der Waals surface area contributed by atoms with E-state index in [1.165, 1.54) is 0 Å². The third kappa shape index (κ3) is 2.99. The van der Waals surface area contributed by atoms with Crippen LogP contribution in [0, 0.1) is 0 Å². The van der Waals surface area contributed by atoms with Crippen molar-refractivity contribution in [2.24, 2.45) is 0 Å². The number of aliphatic hydroxyl groups is 1. The largest absolute Gasteiger partial charge is 0.456 e. The van der Waals surface area contributed by atoms with Crippen molar-refractivity contribution in [2.75, 3.05) is 0 Å². The van der Waals surface area contributed by atoms with Gasteiger partial charge in [-0.25, -0.2) is 9.18 Å². The first-order chi connectivity index (χ1) is 8.22. The highest BCUT2D eigenvalue weighted by Crippen LogP contribution is 2.28. The van der Waals surface area contributed by atoms with E-state index in [0.29, 0.717) is 19.3 Å². The Morgan fingerprint density at radius 3 is 2.44 bits per heavy atom. The molecule has 0 spiro atoms. The number of hydrogen-bond acceptors (Lipinski definition) is 5. The van der Waals surface area contributed by atoms with E-state index in [-0.39, 0.29) is 0 Å². The Morgan fingerprint density at radius 1 is 1.44 bits per heavy atom. The molecule has 3 unspecified atom stereocenters. The van der Waals surface area contributed by atoms with E-state index >= 15 is 0 Å². The van der Waals surface area contributed by atoms with Gasteiger partial charge in [0.25, 0.3) is 0 Å². The Balaban J connectivity index is 2.80. The van der Waals surface area contributed by atoms with Gasteiger partial charge in [-0.2, -0.15) is 8.42 Å². The lowest BCUT2D eigenvalue weighted by Crippen LogP contribution is -2.46. The van der Waals surface area contributed by atoms with Crippen LogP contribution in [0.2, 0.25) is 0 Å². The summed E-state index contributed by atoms with van der Waals surface area (Å²) >= 11 is 0. The summed E-state index contributed by atoms with van der Waals surface area (Å²) in [6.07, 6.45) is -0.380. The number of esters is 1. The minimum atomic E-state index is -5.20. The Bertz CT molecular complexity index is 409. The molecule has 6 nitrogen and oxygen atoms in total. The van der Waals surface area contributed by atoms with Crippen molar-refractivity contribution >= 4 is 16.1 Å². The van der Waals surface area contributed by atoms with Crippen molar-refractivity contribution in [3.63, 3.8) is 0 Å². The average Bonchev–Trinajstić information content (AvgIpc) is 2.29. The molecule has 0 saturated heterocycles. The summed E-state index contributed by atoms with van der Waals surface area (Å²) in [5.41, 5.74) is 0. The minimum absolute atomic E-state index is 0.345. The SMILES string of the molecule is CCC(F)(C(=O)OC1CCCCC1O)S(=O)(=O)O.